The maximum absolute atomic E-state index is 5.90. The van der Waals surface area contributed by atoms with E-state index in [0.29, 0.717) is 5.75 Å². The van der Waals surface area contributed by atoms with Crippen molar-refractivity contribution in [1.82, 2.24) is 5.16 Å². The van der Waals surface area contributed by atoms with Crippen molar-refractivity contribution in [3.63, 3.8) is 0 Å². The van der Waals surface area contributed by atoms with Crippen LogP contribution in [0.15, 0.2) is 22.7 Å². The highest BCUT2D eigenvalue weighted by atomic mass is 16.5. The van der Waals surface area contributed by atoms with E-state index in [2.05, 4.69) is 5.16 Å². The zero-order chi connectivity index (χ0) is 14.0. The summed E-state index contributed by atoms with van der Waals surface area (Å²) in [7, 11) is 3.23. The van der Waals surface area contributed by atoms with Crippen LogP contribution in [0.4, 0.5) is 5.88 Å². The number of methoxy groups -OCH3 is 2. The van der Waals surface area contributed by atoms with E-state index in [1.807, 2.05) is 32.0 Å². The number of benzene rings is 1. The summed E-state index contributed by atoms with van der Waals surface area (Å²) < 4.78 is 15.7. The quantitative estimate of drug-likeness (QED) is 0.916. The Balaban J connectivity index is 2.66. The van der Waals surface area contributed by atoms with Crippen molar-refractivity contribution in [2.75, 3.05) is 20.0 Å². The number of aromatic nitrogens is 1. The highest BCUT2D eigenvalue weighted by molar-refractivity contribution is 5.81. The average molecular weight is 262 g/mol. The molecule has 102 valence electrons. The summed E-state index contributed by atoms with van der Waals surface area (Å²) in [5.41, 5.74) is 8.30. The minimum Gasteiger partial charge on any atom is -0.497 e. The van der Waals surface area contributed by atoms with Crippen molar-refractivity contribution < 1.29 is 14.0 Å². The fourth-order valence-electron chi connectivity index (χ4n) is 1.99. The van der Waals surface area contributed by atoms with E-state index in [0.717, 1.165) is 22.6 Å². The summed E-state index contributed by atoms with van der Waals surface area (Å²) in [4.78, 5) is 0. The van der Waals surface area contributed by atoms with Gasteiger partial charge in [-0.3, -0.25) is 0 Å². The fraction of sp³-hybridized carbons (Fsp3) is 0.357. The molecule has 0 atom stereocenters. The number of hydrogen-bond acceptors (Lipinski definition) is 5. The Morgan fingerprint density at radius 3 is 2.53 bits per heavy atom. The lowest BCUT2D eigenvalue weighted by Crippen LogP contribution is -1.96. The SMILES string of the molecule is COc1ccc(OC)c(-c2c(C(C)C)noc2N)c1. The van der Waals surface area contributed by atoms with Crippen LogP contribution in [-0.2, 0) is 0 Å². The molecule has 2 aromatic rings. The van der Waals surface area contributed by atoms with Crippen LogP contribution in [-0.4, -0.2) is 19.4 Å². The van der Waals surface area contributed by atoms with Crippen molar-refractivity contribution in [2.45, 2.75) is 19.8 Å². The minimum absolute atomic E-state index is 0.201. The minimum atomic E-state index is 0.201. The van der Waals surface area contributed by atoms with Crippen LogP contribution in [0.1, 0.15) is 25.5 Å². The molecule has 0 aliphatic rings. The maximum atomic E-state index is 5.90. The number of anilines is 1. The normalized spacial score (nSPS) is 10.8. The van der Waals surface area contributed by atoms with Gasteiger partial charge in [0, 0.05) is 5.56 Å². The Morgan fingerprint density at radius 1 is 1.21 bits per heavy atom. The predicted molar refractivity (Wildman–Crippen MR) is 73.5 cm³/mol. The maximum Gasteiger partial charge on any atom is 0.230 e. The second-order valence-electron chi connectivity index (χ2n) is 4.53. The number of nitrogens with zero attached hydrogens (tertiary/aromatic N) is 1. The first kappa shape index (κ1) is 13.3. The molecule has 2 N–H and O–H groups in total. The van der Waals surface area contributed by atoms with Gasteiger partial charge in [0.25, 0.3) is 0 Å². The van der Waals surface area contributed by atoms with E-state index in [4.69, 9.17) is 19.7 Å². The molecule has 0 aliphatic heterocycles. The Kier molecular flexibility index (Phi) is 3.64. The molecule has 0 fully saturated rings. The number of hydrogen-bond donors (Lipinski definition) is 1. The van der Waals surface area contributed by atoms with Gasteiger partial charge in [-0.1, -0.05) is 19.0 Å². The van der Waals surface area contributed by atoms with Crippen LogP contribution < -0.4 is 15.2 Å². The van der Waals surface area contributed by atoms with Gasteiger partial charge in [0.05, 0.1) is 25.5 Å². The molecule has 2 rings (SSSR count). The van der Waals surface area contributed by atoms with Gasteiger partial charge in [0.15, 0.2) is 0 Å². The largest absolute Gasteiger partial charge is 0.497 e. The topological polar surface area (TPSA) is 70.5 Å². The summed E-state index contributed by atoms with van der Waals surface area (Å²) in [5, 5.41) is 4.03. The first-order chi connectivity index (χ1) is 9.08. The summed E-state index contributed by atoms with van der Waals surface area (Å²) in [6, 6.07) is 5.54. The highest BCUT2D eigenvalue weighted by Crippen LogP contribution is 2.40. The first-order valence-electron chi connectivity index (χ1n) is 6.06. The molecular weight excluding hydrogens is 244 g/mol. The van der Waals surface area contributed by atoms with E-state index >= 15 is 0 Å². The van der Waals surface area contributed by atoms with E-state index in [9.17, 15) is 0 Å². The fourth-order valence-corrected chi connectivity index (χ4v) is 1.99. The predicted octanol–water partition coefficient (Wildman–Crippen LogP) is 3.06. The molecule has 1 aromatic heterocycles. The summed E-state index contributed by atoms with van der Waals surface area (Å²) in [6.07, 6.45) is 0. The lowest BCUT2D eigenvalue weighted by Gasteiger charge is -2.11. The van der Waals surface area contributed by atoms with Crippen molar-refractivity contribution in [3.05, 3.63) is 23.9 Å². The van der Waals surface area contributed by atoms with Crippen LogP contribution in [0.3, 0.4) is 0 Å². The van der Waals surface area contributed by atoms with Gasteiger partial charge >= 0.3 is 0 Å². The van der Waals surface area contributed by atoms with Gasteiger partial charge in [-0.25, -0.2) is 0 Å². The van der Waals surface area contributed by atoms with Gasteiger partial charge in [-0.2, -0.15) is 0 Å². The molecule has 0 unspecified atom stereocenters. The Labute approximate surface area is 112 Å². The van der Waals surface area contributed by atoms with Crippen LogP contribution in [0.5, 0.6) is 11.5 Å². The van der Waals surface area contributed by atoms with Gasteiger partial charge in [0.2, 0.25) is 5.88 Å². The zero-order valence-corrected chi connectivity index (χ0v) is 11.6. The molecule has 0 aliphatic carbocycles. The summed E-state index contributed by atoms with van der Waals surface area (Å²) in [6.45, 7) is 4.07. The number of nitrogens with two attached hydrogens (primary N) is 1. The Hall–Kier alpha value is -2.17. The second kappa shape index (κ2) is 5.22. The van der Waals surface area contributed by atoms with Crippen molar-refractivity contribution in [1.29, 1.82) is 0 Å². The van der Waals surface area contributed by atoms with E-state index < -0.39 is 0 Å². The Morgan fingerprint density at radius 2 is 1.95 bits per heavy atom. The molecule has 0 bridgehead atoms. The highest BCUT2D eigenvalue weighted by Gasteiger charge is 2.21. The number of rotatable bonds is 4. The van der Waals surface area contributed by atoms with Crippen LogP contribution in [0.2, 0.25) is 0 Å². The molecule has 0 radical (unpaired) electrons. The monoisotopic (exact) mass is 262 g/mol. The van der Waals surface area contributed by atoms with Gasteiger partial charge < -0.3 is 19.7 Å². The lowest BCUT2D eigenvalue weighted by molar-refractivity contribution is 0.404. The van der Waals surface area contributed by atoms with Gasteiger partial charge in [0.1, 0.15) is 11.5 Å². The third-order valence-corrected chi connectivity index (χ3v) is 2.97. The molecule has 0 spiro atoms. The summed E-state index contributed by atoms with van der Waals surface area (Å²) >= 11 is 0. The molecule has 19 heavy (non-hydrogen) atoms. The molecule has 5 nitrogen and oxygen atoms in total. The molecule has 0 saturated heterocycles. The van der Waals surface area contributed by atoms with Crippen LogP contribution in [0.25, 0.3) is 11.1 Å². The molecule has 0 amide bonds. The van der Waals surface area contributed by atoms with E-state index in [1.54, 1.807) is 14.2 Å². The summed E-state index contributed by atoms with van der Waals surface area (Å²) in [5.74, 6) is 1.92. The van der Waals surface area contributed by atoms with Crippen molar-refractivity contribution in [2.24, 2.45) is 0 Å². The molecule has 0 saturated carbocycles. The Bertz CT molecular complexity index is 576. The van der Waals surface area contributed by atoms with Crippen molar-refractivity contribution >= 4 is 5.88 Å². The number of ether oxygens (including phenoxy) is 2. The van der Waals surface area contributed by atoms with Gasteiger partial charge in [-0.15, -0.1) is 0 Å². The molecule has 1 aromatic carbocycles. The lowest BCUT2D eigenvalue weighted by atomic mass is 9.98. The number of nitrogen functional groups attached to an aromatic ring is 1. The third-order valence-electron chi connectivity index (χ3n) is 2.97. The molecular formula is C14H18N2O3. The van der Waals surface area contributed by atoms with E-state index in [1.165, 1.54) is 0 Å². The zero-order valence-electron chi connectivity index (χ0n) is 11.6. The van der Waals surface area contributed by atoms with Crippen molar-refractivity contribution in [3.8, 4) is 22.6 Å². The second-order valence-corrected chi connectivity index (χ2v) is 4.53. The average Bonchev–Trinajstić information content (AvgIpc) is 2.80. The third kappa shape index (κ3) is 2.36. The van der Waals surface area contributed by atoms with Crippen LogP contribution >= 0.6 is 0 Å². The molecule has 1 heterocycles. The standard InChI is InChI=1S/C14H18N2O3/c1-8(2)13-12(14(15)19-16-13)10-7-9(17-3)5-6-11(10)18-4/h5-8H,15H2,1-4H3. The van der Waals surface area contributed by atoms with E-state index in [-0.39, 0.29) is 11.8 Å². The smallest absolute Gasteiger partial charge is 0.230 e. The first-order valence-corrected chi connectivity index (χ1v) is 6.06. The molecule has 5 heteroatoms. The van der Waals surface area contributed by atoms with Gasteiger partial charge in [-0.05, 0) is 24.1 Å². The van der Waals surface area contributed by atoms with Crippen LogP contribution in [0, 0.1) is 0 Å².